The molecule has 3 heterocycles. The number of nitrogens with two attached hydrogens (primary N) is 1. The summed E-state index contributed by atoms with van der Waals surface area (Å²) in [6.45, 7) is 13.1. The molecule has 2 amide bonds. The number of carbonyl (C=O) groups excluding carboxylic acids is 2. The van der Waals surface area contributed by atoms with E-state index in [1.807, 2.05) is 27.0 Å². The summed E-state index contributed by atoms with van der Waals surface area (Å²) in [5.74, 6) is -1.43. The largest absolute Gasteiger partial charge is 0.444 e. The van der Waals surface area contributed by atoms with Crippen molar-refractivity contribution in [1.82, 2.24) is 25.1 Å². The second kappa shape index (κ2) is 12.1. The average molecular weight is 541 g/mol. The van der Waals surface area contributed by atoms with Gasteiger partial charge in [0.05, 0.1) is 35.5 Å². The van der Waals surface area contributed by atoms with E-state index in [1.54, 1.807) is 50.8 Å². The second-order valence-corrected chi connectivity index (χ2v) is 10.9. The number of aryl methyl sites for hydroxylation is 1. The highest BCUT2D eigenvalue weighted by Crippen LogP contribution is 2.26. The van der Waals surface area contributed by atoms with E-state index >= 15 is 4.39 Å². The summed E-state index contributed by atoms with van der Waals surface area (Å²) >= 11 is 0. The van der Waals surface area contributed by atoms with Gasteiger partial charge in [-0.15, -0.1) is 0 Å². The third kappa shape index (κ3) is 8.39. The molecular formula is C27H37FN8O3. The quantitative estimate of drug-likeness (QED) is 0.289. The molecule has 3 aromatic rings. The van der Waals surface area contributed by atoms with Crippen LogP contribution in [0.15, 0.2) is 36.9 Å². The molecule has 0 unspecified atom stereocenters. The summed E-state index contributed by atoms with van der Waals surface area (Å²) in [5, 5.41) is 13.2. The lowest BCUT2D eigenvalue weighted by molar-refractivity contribution is 0.0501. The number of ether oxygens (including phenoxy) is 1. The summed E-state index contributed by atoms with van der Waals surface area (Å²) in [7, 11) is 0. The molecule has 0 aromatic carbocycles. The van der Waals surface area contributed by atoms with Crippen LogP contribution in [0.5, 0.6) is 0 Å². The molecule has 0 aliphatic heterocycles. The zero-order chi connectivity index (χ0) is 28.9. The lowest BCUT2D eigenvalue weighted by Gasteiger charge is -2.29. The Morgan fingerprint density at radius 1 is 1.13 bits per heavy atom. The normalized spacial score (nSPS) is 13.1. The predicted octanol–water partition coefficient (Wildman–Crippen LogP) is 4.69. The van der Waals surface area contributed by atoms with Crippen molar-refractivity contribution in [3.8, 4) is 5.69 Å². The van der Waals surface area contributed by atoms with Crippen molar-refractivity contribution in [1.29, 1.82) is 0 Å². The Morgan fingerprint density at radius 2 is 1.85 bits per heavy atom. The number of alkyl carbamates (subject to hydrolysis) is 1. The van der Waals surface area contributed by atoms with Crippen LogP contribution in [0, 0.1) is 18.7 Å². The number of carbonyl (C=O) groups is 2. The first-order valence-electron chi connectivity index (χ1n) is 12.7. The molecule has 3 rings (SSSR count). The molecule has 0 aliphatic carbocycles. The fraction of sp³-hybridized carbons (Fsp3) is 0.444. The molecule has 0 bridgehead atoms. The molecule has 2 atom stereocenters. The Kier molecular flexibility index (Phi) is 9.10. The van der Waals surface area contributed by atoms with E-state index in [-0.39, 0.29) is 23.1 Å². The van der Waals surface area contributed by atoms with Crippen LogP contribution in [0.3, 0.4) is 0 Å². The number of pyridine rings is 2. The molecule has 0 spiro atoms. The summed E-state index contributed by atoms with van der Waals surface area (Å²) in [6.07, 6.45) is 6.75. The first-order chi connectivity index (χ1) is 18.2. The monoisotopic (exact) mass is 540 g/mol. The van der Waals surface area contributed by atoms with Gasteiger partial charge in [-0.2, -0.15) is 5.10 Å². The van der Waals surface area contributed by atoms with Gasteiger partial charge in [0, 0.05) is 18.3 Å². The Hall–Kier alpha value is -4.22. The Bertz CT molecular complexity index is 1320. The highest BCUT2D eigenvalue weighted by Gasteiger charge is 2.26. The van der Waals surface area contributed by atoms with Gasteiger partial charge in [-0.05, 0) is 64.7 Å². The van der Waals surface area contributed by atoms with E-state index in [0.717, 1.165) is 11.6 Å². The van der Waals surface area contributed by atoms with Crippen LogP contribution in [0.25, 0.3) is 5.69 Å². The molecule has 11 nitrogen and oxygen atoms in total. The van der Waals surface area contributed by atoms with Crippen LogP contribution in [0.2, 0.25) is 0 Å². The molecule has 0 radical (unpaired) electrons. The van der Waals surface area contributed by atoms with Crippen LogP contribution in [-0.4, -0.2) is 49.4 Å². The number of nitrogens with zero attached hydrogens (tertiary/aromatic N) is 4. The van der Waals surface area contributed by atoms with Crippen molar-refractivity contribution in [3.05, 3.63) is 53.9 Å². The van der Waals surface area contributed by atoms with Gasteiger partial charge in [0.1, 0.15) is 11.4 Å². The fourth-order valence-corrected chi connectivity index (χ4v) is 3.85. The first-order valence-corrected chi connectivity index (χ1v) is 12.7. The van der Waals surface area contributed by atoms with Gasteiger partial charge in [-0.1, -0.05) is 13.8 Å². The summed E-state index contributed by atoms with van der Waals surface area (Å²) < 4.78 is 22.2. The van der Waals surface area contributed by atoms with Crippen molar-refractivity contribution in [2.24, 2.45) is 11.7 Å². The number of aromatic nitrogens is 4. The number of nitrogens with one attached hydrogen (secondary N) is 3. The second-order valence-electron chi connectivity index (χ2n) is 10.9. The minimum Gasteiger partial charge on any atom is -0.444 e. The molecule has 0 aliphatic rings. The predicted molar refractivity (Wildman–Crippen MR) is 148 cm³/mol. The van der Waals surface area contributed by atoms with Crippen molar-refractivity contribution in [2.45, 2.75) is 72.6 Å². The van der Waals surface area contributed by atoms with Gasteiger partial charge in [0.15, 0.2) is 11.6 Å². The van der Waals surface area contributed by atoms with Crippen LogP contribution >= 0.6 is 0 Å². The Labute approximate surface area is 227 Å². The van der Waals surface area contributed by atoms with E-state index in [0.29, 0.717) is 17.8 Å². The summed E-state index contributed by atoms with van der Waals surface area (Å²) in [6, 6.07) is 1.96. The van der Waals surface area contributed by atoms with Crippen molar-refractivity contribution >= 4 is 29.3 Å². The van der Waals surface area contributed by atoms with Gasteiger partial charge < -0.3 is 26.4 Å². The van der Waals surface area contributed by atoms with Gasteiger partial charge in [-0.25, -0.2) is 18.9 Å². The van der Waals surface area contributed by atoms with E-state index in [9.17, 15) is 9.59 Å². The van der Waals surface area contributed by atoms with Crippen LogP contribution < -0.4 is 21.7 Å². The number of rotatable bonds is 10. The third-order valence-electron chi connectivity index (χ3n) is 5.60. The van der Waals surface area contributed by atoms with Gasteiger partial charge in [-0.3, -0.25) is 9.78 Å². The van der Waals surface area contributed by atoms with E-state index in [1.165, 1.54) is 6.20 Å². The minimum atomic E-state index is -0.846. The maximum absolute atomic E-state index is 15.2. The maximum Gasteiger partial charge on any atom is 0.407 e. The highest BCUT2D eigenvalue weighted by atomic mass is 19.1. The summed E-state index contributed by atoms with van der Waals surface area (Å²) in [5.41, 5.74) is 6.89. The van der Waals surface area contributed by atoms with Crippen molar-refractivity contribution < 1.29 is 18.7 Å². The molecule has 0 saturated carbocycles. The Balaban J connectivity index is 1.90. The number of halogens is 1. The highest BCUT2D eigenvalue weighted by molar-refractivity contribution is 5.98. The number of anilines is 3. The molecule has 0 fully saturated rings. The molecule has 12 heteroatoms. The number of hydrogen-bond donors (Lipinski definition) is 4. The number of primary amides is 1. The lowest BCUT2D eigenvalue weighted by atomic mass is 9.98. The standard InChI is InChI=1S/C27H37FN8O3/c1-15(2)8-22(17(4)32-26(38)39-27(5,6)7)34-25-21(28)10-20(23(29)37)24(35-25)33-18-9-19(13-30-12-18)36-14-16(3)11-31-36/h9-15,17,22H,8H2,1-7H3,(H2,29,37)(H,32,38)(H2,33,34,35)/t17-,22+/m0/s1. The average Bonchev–Trinajstić information content (AvgIpc) is 3.25. The molecule has 39 heavy (non-hydrogen) atoms. The van der Waals surface area contributed by atoms with E-state index in [2.05, 4.69) is 31.0 Å². The molecule has 210 valence electrons. The third-order valence-corrected chi connectivity index (χ3v) is 5.60. The maximum atomic E-state index is 15.2. The molecule has 0 saturated heterocycles. The fourth-order valence-electron chi connectivity index (χ4n) is 3.85. The minimum absolute atomic E-state index is 0.0537. The van der Waals surface area contributed by atoms with Gasteiger partial charge in [0.25, 0.3) is 5.91 Å². The SMILES string of the molecule is Cc1cnn(-c2cncc(Nc3nc(N[C@H](CC(C)C)[C@H](C)NC(=O)OC(C)(C)C)c(F)cc3C(N)=O)c2)c1. The number of amides is 2. The first kappa shape index (κ1) is 29.3. The smallest absolute Gasteiger partial charge is 0.407 e. The summed E-state index contributed by atoms with van der Waals surface area (Å²) in [4.78, 5) is 33.1. The van der Waals surface area contributed by atoms with Crippen LogP contribution in [0.1, 0.15) is 63.9 Å². The van der Waals surface area contributed by atoms with Crippen molar-refractivity contribution in [2.75, 3.05) is 10.6 Å². The molecule has 5 N–H and O–H groups in total. The Morgan fingerprint density at radius 3 is 2.44 bits per heavy atom. The zero-order valence-electron chi connectivity index (χ0n) is 23.4. The van der Waals surface area contributed by atoms with Crippen LogP contribution in [0.4, 0.5) is 26.5 Å². The van der Waals surface area contributed by atoms with Gasteiger partial charge >= 0.3 is 6.09 Å². The number of hydrogen-bond acceptors (Lipinski definition) is 8. The zero-order valence-corrected chi connectivity index (χ0v) is 23.4. The van der Waals surface area contributed by atoms with Crippen LogP contribution in [-0.2, 0) is 4.74 Å². The van der Waals surface area contributed by atoms with E-state index < -0.39 is 35.5 Å². The van der Waals surface area contributed by atoms with E-state index in [4.69, 9.17) is 10.5 Å². The topological polar surface area (TPSA) is 149 Å². The van der Waals surface area contributed by atoms with Crippen molar-refractivity contribution in [3.63, 3.8) is 0 Å². The molecule has 3 aromatic heterocycles. The lowest BCUT2D eigenvalue weighted by Crippen LogP contribution is -2.47. The van der Waals surface area contributed by atoms with Gasteiger partial charge in [0.2, 0.25) is 0 Å². The molecular weight excluding hydrogens is 503 g/mol.